The standard InChI is InChI=1S/C27H41ClN4O2S/c1-5-6-7-8-9-10-11-12-13-14-19-35(33,34)20-21-15-17-22(18-16-21)25-29-26-23(28)24(27(2,3)4)30-32(26)31-25/h15-18H,5-14,19-20H2,1-4H3,(H,29,31). The summed E-state index contributed by atoms with van der Waals surface area (Å²) in [5.41, 5.74) is 2.94. The lowest BCUT2D eigenvalue weighted by molar-refractivity contribution is 0.557. The van der Waals surface area contributed by atoms with E-state index in [1.807, 2.05) is 24.3 Å². The molecular weight excluding hydrogens is 480 g/mol. The van der Waals surface area contributed by atoms with Crippen LogP contribution in [0.3, 0.4) is 0 Å². The van der Waals surface area contributed by atoms with Gasteiger partial charge in [0.25, 0.3) is 0 Å². The van der Waals surface area contributed by atoms with Crippen molar-refractivity contribution in [2.45, 2.75) is 103 Å². The Morgan fingerprint density at radius 1 is 0.886 bits per heavy atom. The summed E-state index contributed by atoms with van der Waals surface area (Å²) in [5.74, 6) is 0.983. The molecule has 0 atom stereocenters. The molecule has 0 saturated carbocycles. The number of fused-ring (bicyclic) bond motifs is 1. The second-order valence-corrected chi connectivity index (χ2v) is 13.3. The third kappa shape index (κ3) is 8.07. The van der Waals surface area contributed by atoms with Crippen LogP contribution in [-0.4, -0.2) is 34.0 Å². The van der Waals surface area contributed by atoms with Crippen molar-refractivity contribution in [3.63, 3.8) is 0 Å². The highest BCUT2D eigenvalue weighted by molar-refractivity contribution is 7.90. The Balaban J connectivity index is 1.46. The zero-order valence-electron chi connectivity index (χ0n) is 21.7. The lowest BCUT2D eigenvalue weighted by atomic mass is 9.92. The van der Waals surface area contributed by atoms with Gasteiger partial charge in [0.2, 0.25) is 0 Å². The van der Waals surface area contributed by atoms with Crippen LogP contribution in [0.4, 0.5) is 0 Å². The number of nitrogens with zero attached hydrogens (tertiary/aromatic N) is 3. The first-order valence-electron chi connectivity index (χ1n) is 13.1. The number of benzene rings is 1. The Morgan fingerprint density at radius 3 is 2.00 bits per heavy atom. The number of sulfone groups is 1. The molecule has 35 heavy (non-hydrogen) atoms. The maximum absolute atomic E-state index is 12.6. The van der Waals surface area contributed by atoms with Crippen LogP contribution in [0.1, 0.15) is 103 Å². The molecule has 0 bridgehead atoms. The lowest BCUT2D eigenvalue weighted by Gasteiger charge is -2.14. The molecule has 3 aromatic rings. The Bertz CT molecular complexity index is 1170. The lowest BCUT2D eigenvalue weighted by Crippen LogP contribution is -2.13. The summed E-state index contributed by atoms with van der Waals surface area (Å²) < 4.78 is 26.7. The third-order valence-corrected chi connectivity index (χ3v) is 8.42. The van der Waals surface area contributed by atoms with Gasteiger partial charge in [0.1, 0.15) is 5.02 Å². The molecule has 0 radical (unpaired) electrons. The Kier molecular flexibility index (Phi) is 9.82. The highest BCUT2D eigenvalue weighted by Crippen LogP contribution is 2.31. The van der Waals surface area contributed by atoms with Gasteiger partial charge in [-0.15, -0.1) is 9.73 Å². The molecule has 0 amide bonds. The molecule has 8 heteroatoms. The van der Waals surface area contributed by atoms with Crippen molar-refractivity contribution in [2.75, 3.05) is 5.75 Å². The van der Waals surface area contributed by atoms with Gasteiger partial charge in [-0.3, -0.25) is 0 Å². The fourth-order valence-corrected chi connectivity index (χ4v) is 6.23. The minimum Gasteiger partial charge on any atom is -0.320 e. The zero-order chi connectivity index (χ0) is 25.5. The molecule has 0 aliphatic rings. The summed E-state index contributed by atoms with van der Waals surface area (Å²) in [6.45, 7) is 8.42. The summed E-state index contributed by atoms with van der Waals surface area (Å²) in [6.07, 6.45) is 12.0. The molecule has 6 nitrogen and oxygen atoms in total. The number of hydrogen-bond donors (Lipinski definition) is 1. The molecule has 0 unspecified atom stereocenters. The molecule has 1 N–H and O–H groups in total. The summed E-state index contributed by atoms with van der Waals surface area (Å²) >= 11 is 6.52. The van der Waals surface area contributed by atoms with Crippen molar-refractivity contribution >= 4 is 27.1 Å². The quantitative estimate of drug-likeness (QED) is 0.223. The monoisotopic (exact) mass is 520 g/mol. The highest BCUT2D eigenvalue weighted by Gasteiger charge is 2.25. The van der Waals surface area contributed by atoms with Crippen molar-refractivity contribution < 1.29 is 8.42 Å². The zero-order valence-corrected chi connectivity index (χ0v) is 23.3. The molecule has 1 aromatic carbocycles. The number of aromatic nitrogens is 4. The number of aromatic amines is 1. The minimum atomic E-state index is -3.11. The van der Waals surface area contributed by atoms with E-state index in [2.05, 4.69) is 42.9 Å². The van der Waals surface area contributed by atoms with E-state index in [0.717, 1.165) is 36.1 Å². The van der Waals surface area contributed by atoms with Crippen LogP contribution < -0.4 is 0 Å². The van der Waals surface area contributed by atoms with E-state index in [4.69, 9.17) is 11.6 Å². The normalized spacial score (nSPS) is 12.6. The largest absolute Gasteiger partial charge is 0.320 e. The number of H-pyrrole nitrogens is 1. The molecule has 0 saturated heterocycles. The number of hydrogen-bond acceptors (Lipinski definition) is 4. The van der Waals surface area contributed by atoms with E-state index in [-0.39, 0.29) is 16.9 Å². The molecule has 0 aliphatic heterocycles. The summed E-state index contributed by atoms with van der Waals surface area (Å²) in [6, 6.07) is 7.50. The Morgan fingerprint density at radius 2 is 1.46 bits per heavy atom. The predicted octanol–water partition coefficient (Wildman–Crippen LogP) is 7.51. The molecular formula is C27H41ClN4O2S. The highest BCUT2D eigenvalue weighted by atomic mass is 35.5. The van der Waals surface area contributed by atoms with Gasteiger partial charge < -0.3 is 4.98 Å². The number of unbranched alkanes of at least 4 members (excludes halogenated alkanes) is 9. The Hall–Kier alpha value is -1.86. The molecule has 0 spiro atoms. The van der Waals surface area contributed by atoms with Gasteiger partial charge >= 0.3 is 0 Å². The van der Waals surface area contributed by atoms with Crippen LogP contribution >= 0.6 is 11.6 Å². The smallest absolute Gasteiger partial charge is 0.175 e. The van der Waals surface area contributed by atoms with Crippen molar-refractivity contribution in [3.05, 3.63) is 40.5 Å². The van der Waals surface area contributed by atoms with Crippen molar-refractivity contribution in [1.29, 1.82) is 0 Å². The van der Waals surface area contributed by atoms with E-state index in [9.17, 15) is 8.42 Å². The molecule has 194 valence electrons. The molecule has 0 aliphatic carbocycles. The van der Waals surface area contributed by atoms with Crippen LogP contribution in [0.15, 0.2) is 24.3 Å². The van der Waals surface area contributed by atoms with Gasteiger partial charge in [-0.2, -0.15) is 5.10 Å². The van der Waals surface area contributed by atoms with Gasteiger partial charge in [0.05, 0.1) is 17.2 Å². The van der Waals surface area contributed by atoms with Crippen molar-refractivity contribution in [2.24, 2.45) is 0 Å². The Labute approximate surface area is 215 Å². The molecule has 2 aromatic heterocycles. The van der Waals surface area contributed by atoms with E-state index in [0.29, 0.717) is 16.5 Å². The fraction of sp³-hybridized carbons (Fsp3) is 0.630. The molecule has 0 fully saturated rings. The number of rotatable bonds is 14. The summed E-state index contributed by atoms with van der Waals surface area (Å²) in [5, 5.41) is 9.62. The third-order valence-electron chi connectivity index (χ3n) is 6.38. The first-order chi connectivity index (χ1) is 16.6. The van der Waals surface area contributed by atoms with E-state index < -0.39 is 9.84 Å². The van der Waals surface area contributed by atoms with E-state index in [1.165, 1.54) is 49.6 Å². The van der Waals surface area contributed by atoms with Crippen LogP contribution in [0.25, 0.3) is 17.0 Å². The molecule has 2 heterocycles. The van der Waals surface area contributed by atoms with Crippen molar-refractivity contribution in [1.82, 2.24) is 19.8 Å². The second kappa shape index (κ2) is 12.4. The maximum atomic E-state index is 12.6. The first kappa shape index (κ1) is 27.7. The predicted molar refractivity (Wildman–Crippen MR) is 146 cm³/mol. The number of halogens is 1. The van der Waals surface area contributed by atoms with Gasteiger partial charge in [-0.25, -0.2) is 8.42 Å². The van der Waals surface area contributed by atoms with Crippen LogP contribution in [0.5, 0.6) is 0 Å². The van der Waals surface area contributed by atoms with Gasteiger partial charge in [0.15, 0.2) is 21.3 Å². The average molecular weight is 521 g/mol. The SMILES string of the molecule is CCCCCCCCCCCCS(=O)(=O)Cc1ccc(-c2nn3nc(C(C)(C)C)c(Cl)c3[nH]2)cc1. The van der Waals surface area contributed by atoms with Crippen molar-refractivity contribution in [3.8, 4) is 11.4 Å². The molecule has 3 rings (SSSR count). The van der Waals surface area contributed by atoms with Gasteiger partial charge in [0, 0.05) is 11.0 Å². The summed E-state index contributed by atoms with van der Waals surface area (Å²) in [4.78, 5) is 3.24. The van der Waals surface area contributed by atoms with Gasteiger partial charge in [-0.1, -0.05) is 121 Å². The fourth-order valence-electron chi connectivity index (χ4n) is 4.30. The minimum absolute atomic E-state index is 0.0763. The van der Waals surface area contributed by atoms with Crippen LogP contribution in [-0.2, 0) is 21.0 Å². The second-order valence-electron chi connectivity index (χ2n) is 10.7. The van der Waals surface area contributed by atoms with E-state index >= 15 is 0 Å². The first-order valence-corrected chi connectivity index (χ1v) is 15.3. The summed E-state index contributed by atoms with van der Waals surface area (Å²) in [7, 11) is -3.11. The number of nitrogens with one attached hydrogen (secondary N) is 1. The topological polar surface area (TPSA) is 80.1 Å². The van der Waals surface area contributed by atoms with Gasteiger partial charge in [-0.05, 0) is 12.0 Å². The average Bonchev–Trinajstić information content (AvgIpc) is 3.34. The van der Waals surface area contributed by atoms with Crippen LogP contribution in [0, 0.1) is 0 Å². The van der Waals surface area contributed by atoms with Crippen LogP contribution in [0.2, 0.25) is 5.02 Å². The maximum Gasteiger partial charge on any atom is 0.175 e. The van der Waals surface area contributed by atoms with E-state index in [1.54, 1.807) is 0 Å².